The third-order valence-corrected chi connectivity index (χ3v) is 4.35. The van der Waals surface area contributed by atoms with Crippen molar-refractivity contribution in [2.75, 3.05) is 20.3 Å². The molecule has 1 aromatic carbocycles. The summed E-state index contributed by atoms with van der Waals surface area (Å²) in [6.45, 7) is 2.58. The van der Waals surface area contributed by atoms with Gasteiger partial charge in [-0.15, -0.1) is 0 Å². The standard InChI is InChI=1S/C18H24N2O2/c1-21-11-8-18-19-9-10-20(18)14-15-7-12-22-17(13-15)16-5-3-2-4-6-16/h2-6,9-10,15,17H,7-8,11-14H2,1H3. The first-order chi connectivity index (χ1) is 10.9. The van der Waals surface area contributed by atoms with E-state index >= 15 is 0 Å². The van der Waals surface area contributed by atoms with E-state index in [2.05, 4.69) is 46.1 Å². The maximum atomic E-state index is 5.96. The highest BCUT2D eigenvalue weighted by atomic mass is 16.5. The van der Waals surface area contributed by atoms with Gasteiger partial charge in [0.15, 0.2) is 0 Å². The van der Waals surface area contributed by atoms with E-state index in [0.29, 0.717) is 5.92 Å². The zero-order valence-corrected chi connectivity index (χ0v) is 13.1. The smallest absolute Gasteiger partial charge is 0.110 e. The lowest BCUT2D eigenvalue weighted by atomic mass is 9.92. The Labute approximate surface area is 132 Å². The summed E-state index contributed by atoms with van der Waals surface area (Å²) in [7, 11) is 1.73. The molecule has 4 nitrogen and oxygen atoms in total. The molecule has 2 atom stereocenters. The second-order valence-corrected chi connectivity index (χ2v) is 5.90. The molecule has 1 saturated heterocycles. The molecule has 0 saturated carbocycles. The van der Waals surface area contributed by atoms with Crippen molar-refractivity contribution in [3.05, 3.63) is 54.1 Å². The minimum Gasteiger partial charge on any atom is -0.384 e. The first-order valence-corrected chi connectivity index (χ1v) is 8.02. The second-order valence-electron chi connectivity index (χ2n) is 5.90. The number of hydrogen-bond donors (Lipinski definition) is 0. The van der Waals surface area contributed by atoms with Crippen LogP contribution in [0.3, 0.4) is 0 Å². The molecule has 2 unspecified atom stereocenters. The van der Waals surface area contributed by atoms with Crippen molar-refractivity contribution in [2.24, 2.45) is 5.92 Å². The number of aromatic nitrogens is 2. The highest BCUT2D eigenvalue weighted by Gasteiger charge is 2.24. The van der Waals surface area contributed by atoms with Crippen molar-refractivity contribution >= 4 is 0 Å². The van der Waals surface area contributed by atoms with Crippen LogP contribution in [0.4, 0.5) is 0 Å². The normalized spacial score (nSPS) is 21.9. The highest BCUT2D eigenvalue weighted by Crippen LogP contribution is 2.32. The summed E-state index contributed by atoms with van der Waals surface area (Å²) in [5.41, 5.74) is 1.29. The van der Waals surface area contributed by atoms with Crippen molar-refractivity contribution in [2.45, 2.75) is 31.9 Å². The van der Waals surface area contributed by atoms with E-state index < -0.39 is 0 Å². The minimum atomic E-state index is 0.228. The molecule has 3 rings (SSSR count). The van der Waals surface area contributed by atoms with Gasteiger partial charge in [-0.1, -0.05) is 30.3 Å². The Morgan fingerprint density at radius 3 is 3.00 bits per heavy atom. The Hall–Kier alpha value is -1.65. The summed E-state index contributed by atoms with van der Waals surface area (Å²) in [5, 5.41) is 0. The van der Waals surface area contributed by atoms with Crippen LogP contribution in [0.25, 0.3) is 0 Å². The lowest BCUT2D eigenvalue weighted by molar-refractivity contribution is -0.0140. The Morgan fingerprint density at radius 1 is 1.32 bits per heavy atom. The molecule has 1 aliphatic rings. The number of nitrogens with zero attached hydrogens (tertiary/aromatic N) is 2. The van der Waals surface area contributed by atoms with E-state index in [4.69, 9.17) is 9.47 Å². The molecule has 4 heteroatoms. The van der Waals surface area contributed by atoms with E-state index in [9.17, 15) is 0 Å². The fourth-order valence-corrected chi connectivity index (χ4v) is 3.14. The van der Waals surface area contributed by atoms with Gasteiger partial charge in [-0.3, -0.25) is 0 Å². The Bertz CT molecular complexity index is 567. The van der Waals surface area contributed by atoms with Crippen LogP contribution in [0.15, 0.2) is 42.7 Å². The molecule has 118 valence electrons. The van der Waals surface area contributed by atoms with Gasteiger partial charge in [-0.2, -0.15) is 0 Å². The molecular formula is C18H24N2O2. The largest absolute Gasteiger partial charge is 0.384 e. The van der Waals surface area contributed by atoms with Gasteiger partial charge in [-0.25, -0.2) is 4.98 Å². The molecule has 22 heavy (non-hydrogen) atoms. The first kappa shape index (κ1) is 15.3. The van der Waals surface area contributed by atoms with E-state index in [0.717, 1.165) is 44.8 Å². The molecule has 2 heterocycles. The minimum absolute atomic E-state index is 0.228. The van der Waals surface area contributed by atoms with Gasteiger partial charge in [0.2, 0.25) is 0 Å². The number of methoxy groups -OCH3 is 1. The van der Waals surface area contributed by atoms with E-state index in [1.165, 1.54) is 5.56 Å². The van der Waals surface area contributed by atoms with Crippen molar-refractivity contribution in [3.8, 4) is 0 Å². The second kappa shape index (κ2) is 7.56. The average molecular weight is 300 g/mol. The molecule has 0 amide bonds. The monoisotopic (exact) mass is 300 g/mol. The van der Waals surface area contributed by atoms with Gasteiger partial charge in [0, 0.05) is 39.1 Å². The van der Waals surface area contributed by atoms with E-state index in [1.807, 2.05) is 6.20 Å². The molecule has 0 N–H and O–H groups in total. The third-order valence-electron chi connectivity index (χ3n) is 4.35. The highest BCUT2D eigenvalue weighted by molar-refractivity contribution is 5.18. The first-order valence-electron chi connectivity index (χ1n) is 8.02. The van der Waals surface area contributed by atoms with Crippen LogP contribution in [0.1, 0.15) is 30.3 Å². The van der Waals surface area contributed by atoms with Gasteiger partial charge in [0.25, 0.3) is 0 Å². The van der Waals surface area contributed by atoms with Crippen molar-refractivity contribution in [1.29, 1.82) is 0 Å². The molecule has 1 aromatic heterocycles. The van der Waals surface area contributed by atoms with Gasteiger partial charge in [0.1, 0.15) is 5.82 Å². The van der Waals surface area contributed by atoms with Crippen LogP contribution in [-0.4, -0.2) is 29.9 Å². The maximum absolute atomic E-state index is 5.96. The van der Waals surface area contributed by atoms with Gasteiger partial charge in [0.05, 0.1) is 12.7 Å². The Balaban J connectivity index is 1.62. The number of benzene rings is 1. The average Bonchev–Trinajstić information content (AvgIpc) is 3.01. The third kappa shape index (κ3) is 3.76. The summed E-state index contributed by atoms with van der Waals surface area (Å²) in [6, 6.07) is 10.5. The van der Waals surface area contributed by atoms with Crippen LogP contribution in [-0.2, 0) is 22.4 Å². The molecule has 1 aliphatic heterocycles. The summed E-state index contributed by atoms with van der Waals surface area (Å²) in [6.07, 6.45) is 7.26. The summed E-state index contributed by atoms with van der Waals surface area (Å²) in [4.78, 5) is 4.45. The predicted molar refractivity (Wildman–Crippen MR) is 85.7 cm³/mol. The molecule has 0 aliphatic carbocycles. The molecular weight excluding hydrogens is 276 g/mol. The lowest BCUT2D eigenvalue weighted by Crippen LogP contribution is -2.24. The van der Waals surface area contributed by atoms with Gasteiger partial charge < -0.3 is 14.0 Å². The maximum Gasteiger partial charge on any atom is 0.110 e. The van der Waals surface area contributed by atoms with E-state index in [-0.39, 0.29) is 6.10 Å². The topological polar surface area (TPSA) is 36.3 Å². The molecule has 1 fully saturated rings. The van der Waals surface area contributed by atoms with Crippen LogP contribution >= 0.6 is 0 Å². The van der Waals surface area contributed by atoms with Crippen LogP contribution in [0, 0.1) is 5.92 Å². The summed E-state index contributed by atoms with van der Waals surface area (Å²) >= 11 is 0. The fraction of sp³-hybridized carbons (Fsp3) is 0.500. The van der Waals surface area contributed by atoms with Crippen molar-refractivity contribution in [3.63, 3.8) is 0 Å². The number of imidazole rings is 1. The van der Waals surface area contributed by atoms with Crippen molar-refractivity contribution < 1.29 is 9.47 Å². The van der Waals surface area contributed by atoms with Crippen molar-refractivity contribution in [1.82, 2.24) is 9.55 Å². The predicted octanol–water partition coefficient (Wildman–Crippen LogP) is 3.24. The SMILES string of the molecule is COCCc1nccn1CC1CCOC(c2ccccc2)C1. The number of hydrogen-bond acceptors (Lipinski definition) is 3. The molecule has 0 spiro atoms. The Morgan fingerprint density at radius 2 is 2.18 bits per heavy atom. The van der Waals surface area contributed by atoms with E-state index in [1.54, 1.807) is 7.11 Å². The molecule has 2 aromatic rings. The number of ether oxygens (including phenoxy) is 2. The van der Waals surface area contributed by atoms with Gasteiger partial charge in [-0.05, 0) is 24.3 Å². The summed E-state index contributed by atoms with van der Waals surface area (Å²) in [5.74, 6) is 1.75. The zero-order chi connectivity index (χ0) is 15.2. The van der Waals surface area contributed by atoms with Crippen LogP contribution in [0.5, 0.6) is 0 Å². The van der Waals surface area contributed by atoms with Crippen LogP contribution in [0.2, 0.25) is 0 Å². The fourth-order valence-electron chi connectivity index (χ4n) is 3.14. The Kier molecular flexibility index (Phi) is 5.24. The van der Waals surface area contributed by atoms with Gasteiger partial charge >= 0.3 is 0 Å². The zero-order valence-electron chi connectivity index (χ0n) is 13.1. The lowest BCUT2D eigenvalue weighted by Gasteiger charge is -2.30. The molecule has 0 bridgehead atoms. The quantitative estimate of drug-likeness (QED) is 0.821. The van der Waals surface area contributed by atoms with Crippen LogP contribution < -0.4 is 0 Å². The number of rotatable bonds is 6. The summed E-state index contributed by atoms with van der Waals surface area (Å²) < 4.78 is 13.4. The molecule has 0 radical (unpaired) electrons.